The van der Waals surface area contributed by atoms with Gasteiger partial charge in [-0.25, -0.2) is 0 Å². The van der Waals surface area contributed by atoms with Gasteiger partial charge in [-0.2, -0.15) is 0 Å². The highest BCUT2D eigenvalue weighted by Crippen LogP contribution is 2.24. The molecule has 0 aromatic rings. The van der Waals surface area contributed by atoms with E-state index >= 15 is 0 Å². The molecule has 0 spiro atoms. The minimum absolute atomic E-state index is 0.0230. The van der Waals surface area contributed by atoms with Crippen molar-refractivity contribution in [3.63, 3.8) is 0 Å². The molecule has 18 heteroatoms. The monoisotopic (exact) mass is 1210 g/mol. The number of rotatable bonds is 22. The van der Waals surface area contributed by atoms with Crippen LogP contribution in [0.3, 0.4) is 0 Å². The standard InChI is InChI=1S/C14H27NO2.C14H24O4.C14H26O3.C13H24O4.C12H24N2O2/c1-13(2,3)10-11(16)8-7-9-15-12(17)14(4,5)6;1-13(2,3)9-11(16)10(15)7-8-18-12(17)14(4,5)6;1-13(2,3)10-11(15)8-7-9-17-12(16)14(4,5)6;1-12(2,3)9-10(14)16-7-8-17-11(15)13(4,5)6;1-11(2,3)10(16)13-8-7-9(15)14-12(4,5)6/h7-10H2,1-6H3,(H,15,17);7-9H2,1-6H3;7-10H2,1-6H3;7-9H2,1-6H3;7-8H2,1-6H3,(H,13,16)(H,14,15). The number of hydrogen-bond acceptors (Lipinski definition) is 15. The van der Waals surface area contributed by atoms with E-state index in [4.69, 9.17) is 18.9 Å². The summed E-state index contributed by atoms with van der Waals surface area (Å²) in [6.45, 7) is 58.4. The first-order valence-electron chi connectivity index (χ1n) is 30.2. The summed E-state index contributed by atoms with van der Waals surface area (Å²) in [5, 5.41) is 8.43. The van der Waals surface area contributed by atoms with Crippen LogP contribution in [0.15, 0.2) is 0 Å². The Kier molecular flexibility index (Phi) is 40.7. The van der Waals surface area contributed by atoms with Crippen molar-refractivity contribution in [3.05, 3.63) is 0 Å². The van der Waals surface area contributed by atoms with Crippen LogP contribution in [0.4, 0.5) is 0 Å². The maximum absolute atomic E-state index is 11.6. The zero-order chi connectivity index (χ0) is 68.6. The molecular weight excluding hydrogens is 1090 g/mol. The molecule has 0 aliphatic rings. The number of amides is 3. The molecule has 0 atom stereocenters. The van der Waals surface area contributed by atoms with Gasteiger partial charge in [-0.3, -0.25) is 52.7 Å². The minimum Gasteiger partial charge on any atom is -0.465 e. The molecule has 0 aromatic carbocycles. The van der Waals surface area contributed by atoms with Gasteiger partial charge in [0.05, 0.1) is 35.9 Å². The third-order valence-electron chi connectivity index (χ3n) is 10.4. The van der Waals surface area contributed by atoms with Crippen LogP contribution in [0, 0.1) is 48.7 Å². The van der Waals surface area contributed by atoms with E-state index in [0.29, 0.717) is 64.6 Å². The summed E-state index contributed by atoms with van der Waals surface area (Å²) in [4.78, 5) is 126. The molecule has 0 unspecified atom stereocenters. The van der Waals surface area contributed by atoms with E-state index in [1.165, 1.54) is 0 Å². The minimum atomic E-state index is -0.585. The van der Waals surface area contributed by atoms with E-state index < -0.39 is 33.2 Å². The molecule has 0 rings (SSSR count). The van der Waals surface area contributed by atoms with Crippen molar-refractivity contribution in [2.75, 3.05) is 39.5 Å². The molecule has 85 heavy (non-hydrogen) atoms. The fraction of sp³-hybridized carbons (Fsp3) is 0.836. The van der Waals surface area contributed by atoms with Crippen LogP contribution in [-0.2, 0) is 71.7 Å². The largest absolute Gasteiger partial charge is 0.465 e. The second-order valence-corrected chi connectivity index (χ2v) is 32.8. The number of Topliss-reactive ketones (excluding diaryl/α,β-unsaturated/α-hetero) is 4. The predicted molar refractivity (Wildman–Crippen MR) is 339 cm³/mol. The highest BCUT2D eigenvalue weighted by Gasteiger charge is 2.28. The van der Waals surface area contributed by atoms with Crippen LogP contribution >= 0.6 is 0 Å². The Morgan fingerprint density at radius 3 is 0.976 bits per heavy atom. The number of nitrogens with one attached hydrogen (secondary N) is 3. The number of ketones is 4. The third kappa shape index (κ3) is 61.9. The molecule has 3 amide bonds. The van der Waals surface area contributed by atoms with Crippen LogP contribution in [0.25, 0.3) is 0 Å². The van der Waals surface area contributed by atoms with Crippen molar-refractivity contribution >= 4 is 64.7 Å². The quantitative estimate of drug-likeness (QED) is 0.0394. The average molecular weight is 1210 g/mol. The fourth-order valence-electron chi connectivity index (χ4n) is 5.96. The normalized spacial score (nSPS) is 12.2. The van der Waals surface area contributed by atoms with Crippen LogP contribution in [0.1, 0.15) is 272 Å². The molecule has 0 heterocycles. The Morgan fingerprint density at radius 1 is 0.306 bits per heavy atom. The fourth-order valence-corrected chi connectivity index (χ4v) is 5.96. The topological polar surface area (TPSA) is 261 Å². The molecule has 0 radical (unpaired) electrons. The predicted octanol–water partition coefficient (Wildman–Crippen LogP) is 12.8. The molecule has 0 aliphatic heterocycles. The molecule has 18 nitrogen and oxygen atoms in total. The molecule has 3 N–H and O–H groups in total. The van der Waals surface area contributed by atoms with Gasteiger partial charge >= 0.3 is 23.9 Å². The highest BCUT2D eigenvalue weighted by atomic mass is 16.6. The summed E-state index contributed by atoms with van der Waals surface area (Å²) in [5.74, 6) is -1.49. The SMILES string of the molecule is CC(C)(C)CC(=O)C(=O)CCOC(=O)C(C)(C)C.CC(C)(C)CC(=O)CCCNC(=O)C(C)(C)C.CC(C)(C)CC(=O)CCCOC(=O)C(C)(C)C.CC(C)(C)CC(=O)OCCOC(=O)C(C)(C)C.CC(C)(C)NC(=O)CCNC(=O)C(C)(C)C. The first kappa shape index (κ1) is 88.7. The average Bonchev–Trinajstić information content (AvgIpc) is 3.24. The smallest absolute Gasteiger partial charge is 0.311 e. The number of ether oxygens (including phenoxy) is 4. The number of carbonyl (C=O) groups is 11. The van der Waals surface area contributed by atoms with Gasteiger partial charge in [-0.1, -0.05) is 125 Å². The van der Waals surface area contributed by atoms with Gasteiger partial charge < -0.3 is 34.9 Å². The summed E-state index contributed by atoms with van der Waals surface area (Å²) in [7, 11) is 0. The van der Waals surface area contributed by atoms with Gasteiger partial charge in [0.15, 0.2) is 5.78 Å². The van der Waals surface area contributed by atoms with E-state index in [0.717, 1.165) is 6.42 Å². The summed E-state index contributed by atoms with van der Waals surface area (Å²) in [6.07, 6.45) is 4.47. The Labute approximate surface area is 516 Å². The Morgan fingerprint density at radius 2 is 0.635 bits per heavy atom. The van der Waals surface area contributed by atoms with Gasteiger partial charge in [0, 0.05) is 74.4 Å². The van der Waals surface area contributed by atoms with E-state index in [1.807, 2.05) is 145 Å². The first-order valence-corrected chi connectivity index (χ1v) is 30.2. The van der Waals surface area contributed by atoms with Crippen molar-refractivity contribution in [2.45, 2.75) is 277 Å². The van der Waals surface area contributed by atoms with E-state index in [9.17, 15) is 52.7 Å². The molecule has 0 bridgehead atoms. The van der Waals surface area contributed by atoms with Crippen LogP contribution in [0.5, 0.6) is 0 Å². The summed E-state index contributed by atoms with van der Waals surface area (Å²) < 4.78 is 20.0. The summed E-state index contributed by atoms with van der Waals surface area (Å²) in [6, 6.07) is 0. The lowest BCUT2D eigenvalue weighted by Gasteiger charge is -2.21. The molecule has 0 fully saturated rings. The van der Waals surface area contributed by atoms with Gasteiger partial charge in [-0.05, 0) is 118 Å². The van der Waals surface area contributed by atoms with Crippen molar-refractivity contribution in [1.29, 1.82) is 0 Å². The van der Waals surface area contributed by atoms with Gasteiger partial charge in [-0.15, -0.1) is 0 Å². The second-order valence-electron chi connectivity index (χ2n) is 32.8. The van der Waals surface area contributed by atoms with Crippen molar-refractivity contribution < 1.29 is 71.7 Å². The van der Waals surface area contributed by atoms with Crippen molar-refractivity contribution in [3.8, 4) is 0 Å². The van der Waals surface area contributed by atoms with Gasteiger partial charge in [0.1, 0.15) is 24.8 Å². The lowest BCUT2D eigenvalue weighted by atomic mass is 9.88. The van der Waals surface area contributed by atoms with E-state index in [-0.39, 0.29) is 118 Å². The van der Waals surface area contributed by atoms with Crippen molar-refractivity contribution in [2.24, 2.45) is 48.7 Å². The summed E-state index contributed by atoms with van der Waals surface area (Å²) >= 11 is 0. The van der Waals surface area contributed by atoms with E-state index in [2.05, 4.69) is 36.7 Å². The molecule has 0 saturated heterocycles. The number of esters is 4. The maximum atomic E-state index is 11.6. The Bertz CT molecular complexity index is 1950. The molecule has 0 aromatic heterocycles. The zero-order valence-corrected chi connectivity index (χ0v) is 59.4. The van der Waals surface area contributed by atoms with Gasteiger partial charge in [0.25, 0.3) is 0 Å². The lowest BCUT2D eigenvalue weighted by molar-refractivity contribution is -0.158. The van der Waals surface area contributed by atoms with E-state index in [1.54, 1.807) is 41.5 Å². The third-order valence-corrected chi connectivity index (χ3v) is 10.4. The zero-order valence-electron chi connectivity index (χ0n) is 59.4. The second kappa shape index (κ2) is 39.0. The van der Waals surface area contributed by atoms with Crippen LogP contribution in [-0.4, -0.2) is 110 Å². The Balaban J connectivity index is -0.000000314. The number of hydrogen-bond donors (Lipinski definition) is 3. The molecule has 0 saturated carbocycles. The Hall–Kier alpha value is -5.03. The summed E-state index contributed by atoms with van der Waals surface area (Å²) in [5.41, 5.74) is -2.72. The number of carbonyl (C=O) groups excluding carboxylic acids is 11. The highest BCUT2D eigenvalue weighted by molar-refractivity contribution is 6.37. The van der Waals surface area contributed by atoms with Crippen LogP contribution in [0.2, 0.25) is 0 Å². The molecular formula is C67H125N3O15. The van der Waals surface area contributed by atoms with Crippen molar-refractivity contribution in [1.82, 2.24) is 16.0 Å². The van der Waals surface area contributed by atoms with Crippen LogP contribution < -0.4 is 16.0 Å². The molecule has 498 valence electrons. The lowest BCUT2D eigenvalue weighted by Crippen LogP contribution is -2.43. The first-order chi connectivity index (χ1) is 37.5. The molecule has 0 aliphatic carbocycles. The van der Waals surface area contributed by atoms with Gasteiger partial charge in [0.2, 0.25) is 23.5 Å². The maximum Gasteiger partial charge on any atom is 0.311 e.